The van der Waals surface area contributed by atoms with E-state index in [1.165, 1.54) is 0 Å². The van der Waals surface area contributed by atoms with Gasteiger partial charge in [0.25, 0.3) is 0 Å². The van der Waals surface area contributed by atoms with Gasteiger partial charge in [0.1, 0.15) is 45.4 Å². The van der Waals surface area contributed by atoms with Crippen LogP contribution in [-0.2, 0) is 0 Å². The van der Waals surface area contributed by atoms with Crippen molar-refractivity contribution in [2.45, 2.75) is 67.2 Å². The topological polar surface area (TPSA) is 155 Å². The zero-order valence-electron chi connectivity index (χ0n) is 19.9. The first-order valence-electron chi connectivity index (χ1n) is 10.5. The fourth-order valence-corrected chi connectivity index (χ4v) is 3.15. The summed E-state index contributed by atoms with van der Waals surface area (Å²) in [5, 5.41) is 0. The highest BCUT2D eigenvalue weighted by Gasteiger charge is 2.13. The van der Waals surface area contributed by atoms with Gasteiger partial charge in [-0.15, -0.1) is 0 Å². The van der Waals surface area contributed by atoms with Crippen molar-refractivity contribution < 1.29 is 0 Å². The van der Waals surface area contributed by atoms with E-state index in [0.29, 0.717) is 34.3 Å². The Bertz CT molecular complexity index is 1200. The average Bonchev–Trinajstić information content (AvgIpc) is 2.69. The van der Waals surface area contributed by atoms with Gasteiger partial charge in [0.05, 0.1) is 11.4 Å². The third kappa shape index (κ3) is 4.68. The largest absolute Gasteiger partial charge is 0.382 e. The van der Waals surface area contributed by atoms with E-state index < -0.39 is 0 Å². The second kappa shape index (κ2) is 8.89. The summed E-state index contributed by atoms with van der Waals surface area (Å²) >= 11 is 0. The minimum atomic E-state index is 0.267. The molecule has 0 atom stereocenters. The van der Waals surface area contributed by atoms with Gasteiger partial charge in [-0.3, -0.25) is 0 Å². The van der Waals surface area contributed by atoms with Gasteiger partial charge >= 0.3 is 0 Å². The number of nitrogens with two attached hydrogens (primary N) is 2. The lowest BCUT2D eigenvalue weighted by molar-refractivity contribution is 0.774. The van der Waals surface area contributed by atoms with E-state index in [4.69, 9.17) is 11.5 Å². The molecule has 0 unspecified atom stereocenters. The predicted octanol–water partition coefficient (Wildman–Crippen LogP) is 3.48. The summed E-state index contributed by atoms with van der Waals surface area (Å²) < 4.78 is 0. The van der Waals surface area contributed by atoms with Gasteiger partial charge in [0, 0.05) is 11.8 Å². The second-order valence-electron chi connectivity index (χ2n) is 8.35. The van der Waals surface area contributed by atoms with E-state index in [2.05, 4.69) is 39.9 Å². The standard InChI is InChI=1S/2C11H15N5/c2*1-5(2)11-13-6(3)8-9(16-11)10(12)15-7(4)14-8/h2*5H,1-4H3,(H2,12,14,15). The van der Waals surface area contributed by atoms with Crippen molar-refractivity contribution in [2.24, 2.45) is 0 Å². The van der Waals surface area contributed by atoms with E-state index in [0.717, 1.165) is 34.1 Å². The molecule has 0 saturated carbocycles. The summed E-state index contributed by atoms with van der Waals surface area (Å²) in [6, 6.07) is 0. The normalized spacial score (nSPS) is 11.3. The Kier molecular flexibility index (Phi) is 6.42. The molecular weight excluding hydrogens is 404 g/mol. The molecule has 0 aromatic carbocycles. The van der Waals surface area contributed by atoms with Crippen LogP contribution in [0.15, 0.2) is 0 Å². The number of hydrogen-bond donors (Lipinski definition) is 2. The molecule has 4 aromatic heterocycles. The maximum Gasteiger partial charge on any atom is 0.153 e. The molecule has 32 heavy (non-hydrogen) atoms. The SMILES string of the molecule is Cc1nc(N)c2nc(C(C)C)nc(C)c2n1.Cc1nc(N)c2nc(C(C)C)nc(C)c2n1. The molecule has 168 valence electrons. The van der Waals surface area contributed by atoms with Crippen LogP contribution in [0.2, 0.25) is 0 Å². The molecule has 0 saturated heterocycles. The molecule has 4 aromatic rings. The summed E-state index contributed by atoms with van der Waals surface area (Å²) in [5.41, 5.74) is 16.2. The first-order chi connectivity index (χ1) is 15.0. The van der Waals surface area contributed by atoms with Crippen molar-refractivity contribution in [3.63, 3.8) is 0 Å². The fourth-order valence-electron chi connectivity index (χ4n) is 3.15. The van der Waals surface area contributed by atoms with Crippen molar-refractivity contribution in [3.8, 4) is 0 Å². The summed E-state index contributed by atoms with van der Waals surface area (Å²) in [5.74, 6) is 4.24. The van der Waals surface area contributed by atoms with Gasteiger partial charge in [-0.25, -0.2) is 39.9 Å². The van der Waals surface area contributed by atoms with Crippen LogP contribution in [0.5, 0.6) is 0 Å². The molecule has 0 radical (unpaired) electrons. The van der Waals surface area contributed by atoms with E-state index in [9.17, 15) is 0 Å². The molecule has 4 rings (SSSR count). The predicted molar refractivity (Wildman–Crippen MR) is 126 cm³/mol. The van der Waals surface area contributed by atoms with Crippen LogP contribution in [0.3, 0.4) is 0 Å². The van der Waals surface area contributed by atoms with Crippen LogP contribution in [0.25, 0.3) is 22.1 Å². The van der Waals surface area contributed by atoms with Gasteiger partial charge in [0.15, 0.2) is 11.6 Å². The van der Waals surface area contributed by atoms with E-state index in [-0.39, 0.29) is 11.8 Å². The van der Waals surface area contributed by atoms with Crippen LogP contribution in [0, 0.1) is 27.7 Å². The first kappa shape index (κ1) is 23.1. The van der Waals surface area contributed by atoms with Crippen molar-refractivity contribution in [1.82, 2.24) is 39.9 Å². The molecule has 4 heterocycles. The number of anilines is 2. The Morgan fingerprint density at radius 1 is 0.469 bits per heavy atom. The molecule has 4 N–H and O–H groups in total. The molecular formula is C22H30N10. The van der Waals surface area contributed by atoms with Crippen LogP contribution >= 0.6 is 0 Å². The smallest absolute Gasteiger partial charge is 0.153 e. The number of fused-ring (bicyclic) bond motifs is 2. The van der Waals surface area contributed by atoms with E-state index >= 15 is 0 Å². The van der Waals surface area contributed by atoms with Gasteiger partial charge < -0.3 is 11.5 Å². The first-order valence-corrected chi connectivity index (χ1v) is 10.5. The summed E-state index contributed by atoms with van der Waals surface area (Å²) in [6.07, 6.45) is 0. The highest BCUT2D eigenvalue weighted by molar-refractivity contribution is 5.86. The van der Waals surface area contributed by atoms with Crippen molar-refractivity contribution in [1.29, 1.82) is 0 Å². The maximum atomic E-state index is 5.85. The molecule has 10 heteroatoms. The molecule has 0 amide bonds. The molecule has 0 fully saturated rings. The minimum Gasteiger partial charge on any atom is -0.382 e. The Morgan fingerprint density at radius 2 is 0.812 bits per heavy atom. The Labute approximate surface area is 187 Å². The van der Waals surface area contributed by atoms with Crippen molar-refractivity contribution in [2.75, 3.05) is 11.5 Å². The Morgan fingerprint density at radius 3 is 1.12 bits per heavy atom. The van der Waals surface area contributed by atoms with Gasteiger partial charge in [-0.2, -0.15) is 0 Å². The average molecular weight is 435 g/mol. The number of hydrogen-bond acceptors (Lipinski definition) is 10. The third-order valence-electron chi connectivity index (χ3n) is 4.78. The quantitative estimate of drug-likeness (QED) is 0.479. The number of aryl methyl sites for hydroxylation is 4. The van der Waals surface area contributed by atoms with Crippen LogP contribution in [0.1, 0.15) is 74.2 Å². The molecule has 10 nitrogen and oxygen atoms in total. The van der Waals surface area contributed by atoms with E-state index in [1.54, 1.807) is 0 Å². The molecule has 0 spiro atoms. The van der Waals surface area contributed by atoms with E-state index in [1.807, 2.05) is 55.4 Å². The molecule has 0 aliphatic carbocycles. The van der Waals surface area contributed by atoms with Crippen LogP contribution in [-0.4, -0.2) is 39.9 Å². The zero-order chi connectivity index (χ0) is 23.7. The number of nitrogen functional groups attached to an aromatic ring is 2. The Hall–Kier alpha value is -3.56. The van der Waals surface area contributed by atoms with Gasteiger partial charge in [0.2, 0.25) is 0 Å². The highest BCUT2D eigenvalue weighted by atomic mass is 15.0. The summed E-state index contributed by atoms with van der Waals surface area (Å²) in [6.45, 7) is 15.6. The monoisotopic (exact) mass is 434 g/mol. The number of rotatable bonds is 2. The van der Waals surface area contributed by atoms with Gasteiger partial charge in [-0.1, -0.05) is 27.7 Å². The summed E-state index contributed by atoms with van der Waals surface area (Å²) in [4.78, 5) is 34.6. The maximum absolute atomic E-state index is 5.85. The Balaban J connectivity index is 0.000000181. The second-order valence-corrected chi connectivity index (χ2v) is 8.35. The van der Waals surface area contributed by atoms with Crippen LogP contribution in [0.4, 0.5) is 11.6 Å². The van der Waals surface area contributed by atoms with Crippen molar-refractivity contribution >= 4 is 33.7 Å². The molecule has 0 aliphatic heterocycles. The lowest BCUT2D eigenvalue weighted by Gasteiger charge is -2.08. The summed E-state index contributed by atoms with van der Waals surface area (Å²) in [7, 11) is 0. The molecule has 0 aliphatic rings. The number of nitrogens with zero attached hydrogens (tertiary/aromatic N) is 8. The lowest BCUT2D eigenvalue weighted by Crippen LogP contribution is -2.06. The lowest BCUT2D eigenvalue weighted by atomic mass is 10.2. The van der Waals surface area contributed by atoms with Crippen molar-refractivity contribution in [3.05, 3.63) is 34.7 Å². The number of aromatic nitrogens is 8. The highest BCUT2D eigenvalue weighted by Crippen LogP contribution is 2.21. The molecule has 0 bridgehead atoms. The zero-order valence-corrected chi connectivity index (χ0v) is 19.9. The van der Waals surface area contributed by atoms with Gasteiger partial charge in [-0.05, 0) is 27.7 Å². The third-order valence-corrected chi connectivity index (χ3v) is 4.78. The minimum absolute atomic E-state index is 0.267. The fraction of sp³-hybridized carbons (Fsp3) is 0.455. The van der Waals surface area contributed by atoms with Crippen LogP contribution < -0.4 is 11.5 Å².